The van der Waals surface area contributed by atoms with E-state index in [2.05, 4.69) is 0 Å². The Bertz CT molecular complexity index is 1600. The van der Waals surface area contributed by atoms with Crippen molar-refractivity contribution < 1.29 is 18.7 Å². The molecule has 0 saturated carbocycles. The summed E-state index contributed by atoms with van der Waals surface area (Å²) < 4.78 is 17.2. The van der Waals surface area contributed by atoms with Crippen molar-refractivity contribution in [2.75, 3.05) is 0 Å². The van der Waals surface area contributed by atoms with Gasteiger partial charge in [-0.2, -0.15) is 0 Å². The minimum absolute atomic E-state index is 0.0294. The largest absolute Gasteiger partial charge is 0.507 e. The number of benzene rings is 3. The molecule has 5 aromatic rings. The lowest BCUT2D eigenvalue weighted by Gasteiger charge is -2.27. The van der Waals surface area contributed by atoms with Gasteiger partial charge in [0, 0.05) is 5.56 Å². The van der Waals surface area contributed by atoms with E-state index >= 15 is 0 Å². The van der Waals surface area contributed by atoms with E-state index in [9.17, 15) is 14.7 Å². The molecule has 0 radical (unpaired) electrons. The molecule has 3 aromatic carbocycles. The first-order chi connectivity index (χ1) is 15.1. The molecule has 1 aliphatic rings. The van der Waals surface area contributed by atoms with E-state index in [1.54, 1.807) is 66.7 Å². The van der Waals surface area contributed by atoms with Crippen LogP contribution in [0.3, 0.4) is 0 Å². The highest BCUT2D eigenvalue weighted by Crippen LogP contribution is 2.49. The predicted molar refractivity (Wildman–Crippen MR) is 114 cm³/mol. The molecule has 6 heteroatoms. The van der Waals surface area contributed by atoms with Crippen molar-refractivity contribution in [2.45, 2.75) is 5.92 Å². The summed E-state index contributed by atoms with van der Waals surface area (Å²) in [5.41, 5.74) is -0.0420. The maximum atomic E-state index is 13.1. The SMILES string of the molecule is O=c1oc2ccccc2c(O)c1[C@H]1c2ccccc2Oc2c1c(=O)oc1ccccc21. The van der Waals surface area contributed by atoms with Gasteiger partial charge in [-0.1, -0.05) is 42.5 Å². The molecule has 2 aromatic heterocycles. The molecule has 3 heterocycles. The standard InChI is InChI=1S/C25H14O6/c26-22-14-8-2-5-11-17(14)30-24(27)20(22)19-13-7-1-4-10-16(13)29-23-15-9-3-6-12-18(15)31-25(28)21(19)23/h1-12,19,26H/t19-/m1/s1. The number of hydrogen-bond donors (Lipinski definition) is 1. The average molecular weight is 410 g/mol. The molecule has 0 aliphatic carbocycles. The van der Waals surface area contributed by atoms with Crippen molar-refractivity contribution in [3.05, 3.63) is 110 Å². The lowest BCUT2D eigenvalue weighted by molar-refractivity contribution is 0.425. The highest BCUT2D eigenvalue weighted by Gasteiger charge is 2.37. The maximum Gasteiger partial charge on any atom is 0.344 e. The summed E-state index contributed by atoms with van der Waals surface area (Å²) >= 11 is 0. The second-order valence-corrected chi connectivity index (χ2v) is 7.35. The molecule has 0 saturated heterocycles. The summed E-state index contributed by atoms with van der Waals surface area (Å²) in [6.07, 6.45) is 0. The van der Waals surface area contributed by atoms with Crippen LogP contribution in [-0.2, 0) is 0 Å². The van der Waals surface area contributed by atoms with Gasteiger partial charge in [0.25, 0.3) is 0 Å². The van der Waals surface area contributed by atoms with Crippen LogP contribution in [0.15, 0.2) is 91.2 Å². The normalized spacial score (nSPS) is 14.8. The quantitative estimate of drug-likeness (QED) is 0.388. The van der Waals surface area contributed by atoms with Crippen LogP contribution in [-0.4, -0.2) is 5.11 Å². The first-order valence-electron chi connectivity index (χ1n) is 9.70. The molecule has 0 fully saturated rings. The molecule has 0 amide bonds. The summed E-state index contributed by atoms with van der Waals surface area (Å²) in [5, 5.41) is 12.1. The van der Waals surface area contributed by atoms with Crippen LogP contribution in [0.5, 0.6) is 17.2 Å². The van der Waals surface area contributed by atoms with E-state index in [1.165, 1.54) is 0 Å². The molecule has 0 spiro atoms. The fourth-order valence-electron chi connectivity index (χ4n) is 4.27. The highest BCUT2D eigenvalue weighted by molar-refractivity contribution is 5.88. The molecule has 1 aliphatic heterocycles. The van der Waals surface area contributed by atoms with Crippen molar-refractivity contribution >= 4 is 21.9 Å². The van der Waals surface area contributed by atoms with Gasteiger partial charge in [0.2, 0.25) is 0 Å². The first kappa shape index (κ1) is 17.5. The van der Waals surface area contributed by atoms with E-state index in [0.717, 1.165) is 0 Å². The zero-order valence-electron chi connectivity index (χ0n) is 16.0. The second-order valence-electron chi connectivity index (χ2n) is 7.35. The highest BCUT2D eigenvalue weighted by atomic mass is 16.5. The number of aromatic hydroxyl groups is 1. The molecule has 0 unspecified atom stereocenters. The molecule has 6 rings (SSSR count). The monoisotopic (exact) mass is 410 g/mol. The molecule has 1 N–H and O–H groups in total. The predicted octanol–water partition coefficient (Wildman–Crippen LogP) is 4.89. The van der Waals surface area contributed by atoms with Crippen LogP contribution >= 0.6 is 0 Å². The van der Waals surface area contributed by atoms with Crippen molar-refractivity contribution in [3.8, 4) is 17.2 Å². The number of para-hydroxylation sites is 3. The van der Waals surface area contributed by atoms with Crippen LogP contribution in [0.1, 0.15) is 22.6 Å². The van der Waals surface area contributed by atoms with Gasteiger partial charge in [0.1, 0.15) is 28.4 Å². The third-order valence-corrected chi connectivity index (χ3v) is 5.64. The minimum atomic E-state index is -0.915. The molecule has 31 heavy (non-hydrogen) atoms. The number of rotatable bonds is 1. The van der Waals surface area contributed by atoms with E-state index < -0.39 is 17.2 Å². The molecular formula is C25H14O6. The Morgan fingerprint density at radius 1 is 0.677 bits per heavy atom. The Balaban J connectivity index is 1.77. The zero-order valence-corrected chi connectivity index (χ0v) is 16.0. The van der Waals surface area contributed by atoms with Gasteiger partial charge < -0.3 is 18.7 Å². The lowest BCUT2D eigenvalue weighted by Crippen LogP contribution is -2.24. The maximum absolute atomic E-state index is 13.1. The Morgan fingerprint density at radius 2 is 1.26 bits per heavy atom. The average Bonchev–Trinajstić information content (AvgIpc) is 2.78. The Kier molecular flexibility index (Phi) is 3.58. The second kappa shape index (κ2) is 6.34. The summed E-state index contributed by atoms with van der Waals surface area (Å²) in [7, 11) is 0. The topological polar surface area (TPSA) is 89.9 Å². The first-order valence-corrected chi connectivity index (χ1v) is 9.70. The molecule has 150 valence electrons. The van der Waals surface area contributed by atoms with Crippen molar-refractivity contribution in [3.63, 3.8) is 0 Å². The van der Waals surface area contributed by atoms with Crippen LogP contribution in [0.25, 0.3) is 21.9 Å². The molecule has 1 atom stereocenters. The summed E-state index contributed by atoms with van der Waals surface area (Å²) in [6.45, 7) is 0. The van der Waals surface area contributed by atoms with E-state index in [0.29, 0.717) is 33.4 Å². The Hall–Kier alpha value is -4.32. The summed E-state index contributed by atoms with van der Waals surface area (Å²) in [5.74, 6) is -0.348. The van der Waals surface area contributed by atoms with Gasteiger partial charge in [-0.3, -0.25) is 0 Å². The Labute approximate surface area is 174 Å². The van der Waals surface area contributed by atoms with Gasteiger partial charge in [-0.05, 0) is 30.3 Å². The van der Waals surface area contributed by atoms with Gasteiger partial charge in [0.15, 0.2) is 0 Å². The van der Waals surface area contributed by atoms with Gasteiger partial charge >= 0.3 is 11.3 Å². The minimum Gasteiger partial charge on any atom is -0.507 e. The number of ether oxygens (including phenoxy) is 1. The van der Waals surface area contributed by atoms with Crippen molar-refractivity contribution in [2.24, 2.45) is 0 Å². The molecule has 0 bridgehead atoms. The third-order valence-electron chi connectivity index (χ3n) is 5.64. The number of hydrogen-bond acceptors (Lipinski definition) is 6. The van der Waals surface area contributed by atoms with E-state index in [-0.39, 0.29) is 22.5 Å². The smallest absolute Gasteiger partial charge is 0.344 e. The van der Waals surface area contributed by atoms with Crippen LogP contribution in [0.2, 0.25) is 0 Å². The molecule has 6 nitrogen and oxygen atoms in total. The fourth-order valence-corrected chi connectivity index (χ4v) is 4.27. The van der Waals surface area contributed by atoms with Crippen molar-refractivity contribution in [1.29, 1.82) is 0 Å². The summed E-state index contributed by atoms with van der Waals surface area (Å²) in [6, 6.07) is 20.8. The van der Waals surface area contributed by atoms with Crippen LogP contribution in [0.4, 0.5) is 0 Å². The zero-order chi connectivity index (χ0) is 21.1. The van der Waals surface area contributed by atoms with E-state index in [1.807, 2.05) is 6.07 Å². The van der Waals surface area contributed by atoms with E-state index in [4.69, 9.17) is 13.6 Å². The number of fused-ring (bicyclic) bond motifs is 5. The van der Waals surface area contributed by atoms with Crippen molar-refractivity contribution in [1.82, 2.24) is 0 Å². The van der Waals surface area contributed by atoms with Gasteiger partial charge in [-0.25, -0.2) is 9.59 Å². The lowest BCUT2D eigenvalue weighted by atomic mass is 9.82. The van der Waals surface area contributed by atoms with Crippen LogP contribution in [0, 0.1) is 0 Å². The Morgan fingerprint density at radius 3 is 2.03 bits per heavy atom. The van der Waals surface area contributed by atoms with Gasteiger partial charge in [-0.15, -0.1) is 0 Å². The fraction of sp³-hybridized carbons (Fsp3) is 0.0400. The molecular weight excluding hydrogens is 396 g/mol. The third kappa shape index (κ3) is 2.45. The van der Waals surface area contributed by atoms with Crippen LogP contribution < -0.4 is 16.0 Å². The summed E-state index contributed by atoms with van der Waals surface area (Å²) in [4.78, 5) is 26.1. The van der Waals surface area contributed by atoms with Gasteiger partial charge in [0.05, 0.1) is 27.8 Å².